The van der Waals surface area contributed by atoms with E-state index in [9.17, 15) is 4.39 Å². The molecular formula is C20H15FN4. The Bertz CT molecular complexity index is 978. The molecule has 5 heteroatoms. The number of imidazole rings is 1. The molecular weight excluding hydrogens is 315 g/mol. The fourth-order valence-electron chi connectivity index (χ4n) is 2.63. The standard InChI is InChI=1S/C20H15FN4/c21-15-11-9-14(10-12-15)19-20(23-13-22-19)17-7-4-8-18(25-17)24-16-5-2-1-3-6-16/h1-13H,(H,22,23)(H,24,25). The predicted molar refractivity (Wildman–Crippen MR) is 96.9 cm³/mol. The lowest BCUT2D eigenvalue weighted by Crippen LogP contribution is -1.95. The van der Waals surface area contributed by atoms with Gasteiger partial charge in [0, 0.05) is 11.3 Å². The van der Waals surface area contributed by atoms with E-state index in [-0.39, 0.29) is 5.82 Å². The summed E-state index contributed by atoms with van der Waals surface area (Å²) in [6, 6.07) is 21.9. The first-order chi connectivity index (χ1) is 12.3. The van der Waals surface area contributed by atoms with Crippen molar-refractivity contribution in [1.29, 1.82) is 0 Å². The second-order valence-corrected chi connectivity index (χ2v) is 5.53. The second kappa shape index (κ2) is 6.57. The van der Waals surface area contributed by atoms with E-state index in [4.69, 9.17) is 0 Å². The Morgan fingerprint density at radius 2 is 1.64 bits per heavy atom. The quantitative estimate of drug-likeness (QED) is 0.552. The number of aromatic nitrogens is 3. The Morgan fingerprint density at radius 1 is 0.840 bits per heavy atom. The van der Waals surface area contributed by atoms with Gasteiger partial charge in [0.05, 0.1) is 23.4 Å². The third-order valence-corrected chi connectivity index (χ3v) is 3.81. The SMILES string of the molecule is Fc1ccc(-c2nc[nH]c2-c2cccc(Nc3ccccc3)n2)cc1. The summed E-state index contributed by atoms with van der Waals surface area (Å²) in [5, 5.41) is 3.28. The highest BCUT2D eigenvalue weighted by atomic mass is 19.1. The average molecular weight is 330 g/mol. The van der Waals surface area contributed by atoms with Gasteiger partial charge in [0.25, 0.3) is 0 Å². The van der Waals surface area contributed by atoms with Gasteiger partial charge >= 0.3 is 0 Å². The first-order valence-electron chi connectivity index (χ1n) is 7.88. The summed E-state index contributed by atoms with van der Waals surface area (Å²) in [5.74, 6) is 0.469. The number of aromatic amines is 1. The monoisotopic (exact) mass is 330 g/mol. The summed E-state index contributed by atoms with van der Waals surface area (Å²) >= 11 is 0. The highest BCUT2D eigenvalue weighted by Crippen LogP contribution is 2.29. The van der Waals surface area contributed by atoms with E-state index >= 15 is 0 Å². The van der Waals surface area contributed by atoms with Crippen LogP contribution in [0, 0.1) is 5.82 Å². The molecule has 25 heavy (non-hydrogen) atoms. The van der Waals surface area contributed by atoms with Gasteiger partial charge in [-0.15, -0.1) is 0 Å². The number of H-pyrrole nitrogens is 1. The third kappa shape index (κ3) is 3.26. The fourth-order valence-corrected chi connectivity index (χ4v) is 2.63. The van der Waals surface area contributed by atoms with Crippen molar-refractivity contribution in [2.24, 2.45) is 0 Å². The molecule has 4 aromatic rings. The summed E-state index contributed by atoms with van der Waals surface area (Å²) in [6.07, 6.45) is 1.62. The minimum atomic E-state index is -0.270. The van der Waals surface area contributed by atoms with Gasteiger partial charge in [0.15, 0.2) is 0 Å². The van der Waals surface area contributed by atoms with Crippen molar-refractivity contribution in [2.75, 3.05) is 5.32 Å². The number of rotatable bonds is 4. The summed E-state index contributed by atoms with van der Waals surface area (Å²) in [5.41, 5.74) is 4.10. The Labute approximate surface area is 144 Å². The summed E-state index contributed by atoms with van der Waals surface area (Å²) < 4.78 is 13.2. The molecule has 0 bridgehead atoms. The van der Waals surface area contributed by atoms with Crippen LogP contribution in [0.3, 0.4) is 0 Å². The van der Waals surface area contributed by atoms with Crippen LogP contribution in [0.25, 0.3) is 22.6 Å². The van der Waals surface area contributed by atoms with E-state index in [2.05, 4.69) is 20.3 Å². The van der Waals surface area contributed by atoms with Gasteiger partial charge in [-0.1, -0.05) is 24.3 Å². The van der Waals surface area contributed by atoms with E-state index in [0.717, 1.165) is 34.2 Å². The molecule has 4 rings (SSSR count). The van der Waals surface area contributed by atoms with Crippen molar-refractivity contribution in [3.8, 4) is 22.6 Å². The molecule has 2 N–H and O–H groups in total. The maximum atomic E-state index is 13.2. The topological polar surface area (TPSA) is 53.6 Å². The van der Waals surface area contributed by atoms with Crippen molar-refractivity contribution in [3.05, 3.63) is 84.9 Å². The number of hydrogen-bond donors (Lipinski definition) is 2. The van der Waals surface area contributed by atoms with E-state index in [1.807, 2.05) is 48.5 Å². The van der Waals surface area contributed by atoms with Crippen LogP contribution in [0.15, 0.2) is 79.1 Å². The molecule has 0 saturated carbocycles. The molecule has 0 atom stereocenters. The number of halogens is 1. The molecule has 0 aliphatic rings. The Hall–Kier alpha value is -3.47. The van der Waals surface area contributed by atoms with Gasteiger partial charge in [-0.25, -0.2) is 14.4 Å². The van der Waals surface area contributed by atoms with Crippen molar-refractivity contribution in [2.45, 2.75) is 0 Å². The zero-order valence-electron chi connectivity index (χ0n) is 13.3. The highest BCUT2D eigenvalue weighted by Gasteiger charge is 2.12. The Morgan fingerprint density at radius 3 is 2.44 bits per heavy atom. The van der Waals surface area contributed by atoms with Gasteiger partial charge in [-0.2, -0.15) is 0 Å². The van der Waals surface area contributed by atoms with E-state index < -0.39 is 0 Å². The molecule has 0 radical (unpaired) electrons. The summed E-state index contributed by atoms with van der Waals surface area (Å²) in [4.78, 5) is 12.2. The second-order valence-electron chi connectivity index (χ2n) is 5.53. The summed E-state index contributed by atoms with van der Waals surface area (Å²) in [7, 11) is 0. The lowest BCUT2D eigenvalue weighted by Gasteiger charge is -2.08. The van der Waals surface area contributed by atoms with Crippen LogP contribution in [-0.4, -0.2) is 15.0 Å². The number of para-hydroxylation sites is 1. The van der Waals surface area contributed by atoms with Crippen LogP contribution in [0.1, 0.15) is 0 Å². The van der Waals surface area contributed by atoms with E-state index in [1.54, 1.807) is 18.5 Å². The normalized spacial score (nSPS) is 10.6. The van der Waals surface area contributed by atoms with Crippen molar-refractivity contribution >= 4 is 11.5 Å². The van der Waals surface area contributed by atoms with E-state index in [0.29, 0.717) is 0 Å². The minimum absolute atomic E-state index is 0.270. The molecule has 0 aliphatic carbocycles. The average Bonchev–Trinajstić information content (AvgIpc) is 3.13. The molecule has 0 amide bonds. The number of benzene rings is 2. The minimum Gasteiger partial charge on any atom is -0.343 e. The molecule has 0 fully saturated rings. The smallest absolute Gasteiger partial charge is 0.131 e. The van der Waals surface area contributed by atoms with E-state index in [1.165, 1.54) is 12.1 Å². The molecule has 2 heterocycles. The molecule has 2 aromatic carbocycles. The zero-order chi connectivity index (χ0) is 17.1. The van der Waals surface area contributed by atoms with Gasteiger partial charge in [-0.05, 0) is 48.5 Å². The molecule has 0 saturated heterocycles. The van der Waals surface area contributed by atoms with Crippen LogP contribution in [0.5, 0.6) is 0 Å². The summed E-state index contributed by atoms with van der Waals surface area (Å²) in [6.45, 7) is 0. The van der Waals surface area contributed by atoms with Crippen LogP contribution in [0.4, 0.5) is 15.9 Å². The van der Waals surface area contributed by atoms with Crippen molar-refractivity contribution in [1.82, 2.24) is 15.0 Å². The maximum absolute atomic E-state index is 13.2. The van der Waals surface area contributed by atoms with Gasteiger partial charge < -0.3 is 10.3 Å². The largest absolute Gasteiger partial charge is 0.343 e. The molecule has 0 spiro atoms. The zero-order valence-corrected chi connectivity index (χ0v) is 13.3. The number of nitrogens with one attached hydrogen (secondary N) is 2. The lowest BCUT2D eigenvalue weighted by atomic mass is 10.1. The maximum Gasteiger partial charge on any atom is 0.131 e. The molecule has 122 valence electrons. The number of anilines is 2. The Balaban J connectivity index is 1.68. The van der Waals surface area contributed by atoms with Gasteiger partial charge in [0.2, 0.25) is 0 Å². The third-order valence-electron chi connectivity index (χ3n) is 3.81. The first-order valence-corrected chi connectivity index (χ1v) is 7.88. The lowest BCUT2D eigenvalue weighted by molar-refractivity contribution is 0.628. The molecule has 0 aliphatic heterocycles. The van der Waals surface area contributed by atoms with Gasteiger partial charge in [-0.3, -0.25) is 0 Å². The van der Waals surface area contributed by atoms with Gasteiger partial charge in [0.1, 0.15) is 11.6 Å². The van der Waals surface area contributed by atoms with Crippen LogP contribution >= 0.6 is 0 Å². The molecule has 2 aromatic heterocycles. The first kappa shape index (κ1) is 15.1. The number of hydrogen-bond acceptors (Lipinski definition) is 3. The van der Waals surface area contributed by atoms with Crippen LogP contribution in [-0.2, 0) is 0 Å². The molecule has 0 unspecified atom stereocenters. The predicted octanol–water partition coefficient (Wildman–Crippen LogP) is 5.02. The number of nitrogens with zero attached hydrogens (tertiary/aromatic N) is 2. The highest BCUT2D eigenvalue weighted by molar-refractivity contribution is 5.77. The van der Waals surface area contributed by atoms with Crippen LogP contribution in [0.2, 0.25) is 0 Å². The number of pyridine rings is 1. The van der Waals surface area contributed by atoms with Crippen molar-refractivity contribution in [3.63, 3.8) is 0 Å². The molecule has 4 nitrogen and oxygen atoms in total. The Kier molecular flexibility index (Phi) is 3.96. The fraction of sp³-hybridized carbons (Fsp3) is 0. The van der Waals surface area contributed by atoms with Crippen molar-refractivity contribution < 1.29 is 4.39 Å². The van der Waals surface area contributed by atoms with Crippen LogP contribution < -0.4 is 5.32 Å².